The summed E-state index contributed by atoms with van der Waals surface area (Å²) in [6, 6.07) is 12.4. The van der Waals surface area contributed by atoms with Crippen LogP contribution in [-0.4, -0.2) is 15.9 Å². The molecule has 1 aromatic heterocycles. The van der Waals surface area contributed by atoms with E-state index in [0.29, 0.717) is 27.4 Å². The van der Waals surface area contributed by atoms with Crippen molar-refractivity contribution in [3.63, 3.8) is 0 Å². The Bertz CT molecular complexity index is 961. The van der Waals surface area contributed by atoms with Gasteiger partial charge in [-0.15, -0.1) is 0 Å². The van der Waals surface area contributed by atoms with Crippen molar-refractivity contribution in [3.05, 3.63) is 75.9 Å². The first-order valence-corrected chi connectivity index (χ1v) is 8.32. The fraction of sp³-hybridized carbons (Fsp3) is 0.0556. The van der Waals surface area contributed by atoms with Crippen LogP contribution in [0.4, 0.5) is 21.6 Å². The monoisotopic (exact) mass is 390 g/mol. The lowest BCUT2D eigenvalue weighted by Crippen LogP contribution is -2.16. The molecule has 3 aromatic rings. The number of amides is 1. The molecule has 0 saturated heterocycles. The van der Waals surface area contributed by atoms with Gasteiger partial charge in [0.1, 0.15) is 23.2 Å². The topological polar surface area (TPSA) is 66.9 Å². The average Bonchev–Trinajstić information content (AvgIpc) is 2.60. The van der Waals surface area contributed by atoms with Gasteiger partial charge in [0.15, 0.2) is 0 Å². The van der Waals surface area contributed by atoms with Crippen LogP contribution in [0.15, 0.2) is 48.5 Å². The molecule has 2 aromatic carbocycles. The highest BCUT2D eigenvalue weighted by Gasteiger charge is 2.14. The highest BCUT2D eigenvalue weighted by molar-refractivity contribution is 6.39. The van der Waals surface area contributed by atoms with Gasteiger partial charge in [-0.05, 0) is 31.2 Å². The molecule has 0 aliphatic carbocycles. The molecular weight excluding hydrogens is 378 g/mol. The summed E-state index contributed by atoms with van der Waals surface area (Å²) in [6.45, 7) is 1.64. The minimum absolute atomic E-state index is 0.0671. The lowest BCUT2D eigenvalue weighted by Gasteiger charge is -2.11. The average molecular weight is 391 g/mol. The van der Waals surface area contributed by atoms with Gasteiger partial charge in [0, 0.05) is 6.07 Å². The third-order valence-corrected chi connectivity index (χ3v) is 4.04. The predicted molar refractivity (Wildman–Crippen MR) is 101 cm³/mol. The summed E-state index contributed by atoms with van der Waals surface area (Å²) in [5.74, 6) is -0.398. The van der Waals surface area contributed by atoms with Crippen LogP contribution in [0.2, 0.25) is 10.0 Å². The van der Waals surface area contributed by atoms with E-state index >= 15 is 0 Å². The Balaban J connectivity index is 1.88. The van der Waals surface area contributed by atoms with Gasteiger partial charge in [-0.1, -0.05) is 41.4 Å². The van der Waals surface area contributed by atoms with E-state index in [4.69, 9.17) is 23.2 Å². The van der Waals surface area contributed by atoms with Gasteiger partial charge in [0.05, 0.1) is 21.4 Å². The van der Waals surface area contributed by atoms with Gasteiger partial charge in [0.2, 0.25) is 0 Å². The Hall–Kier alpha value is -2.70. The molecule has 1 amide bonds. The first-order valence-electron chi connectivity index (χ1n) is 7.56. The number of carbonyl (C=O) groups excluding carboxylic acids is 1. The molecule has 0 saturated carbocycles. The lowest BCUT2D eigenvalue weighted by molar-refractivity contribution is 0.102. The van der Waals surface area contributed by atoms with Gasteiger partial charge in [-0.3, -0.25) is 4.79 Å². The van der Waals surface area contributed by atoms with Crippen molar-refractivity contribution in [1.29, 1.82) is 0 Å². The first-order chi connectivity index (χ1) is 12.4. The molecular formula is C18H13Cl2FN4O. The Morgan fingerprint density at radius 2 is 1.73 bits per heavy atom. The maximum atomic E-state index is 13.7. The van der Waals surface area contributed by atoms with E-state index in [1.165, 1.54) is 24.3 Å². The van der Waals surface area contributed by atoms with Crippen molar-refractivity contribution in [2.75, 3.05) is 10.6 Å². The standard InChI is InChI=1S/C18H13Cl2FN4O/c1-10-22-15(18(26)24-14-8-3-2-7-13(14)21)9-16(23-10)25-17-11(19)5-4-6-12(17)20/h2-9H,1H3,(H,24,26)(H,22,23,25). The third-order valence-electron chi connectivity index (χ3n) is 3.41. The maximum absolute atomic E-state index is 13.7. The highest BCUT2D eigenvalue weighted by Crippen LogP contribution is 2.32. The minimum Gasteiger partial charge on any atom is -0.338 e. The molecule has 0 bridgehead atoms. The molecule has 3 rings (SSSR count). The van der Waals surface area contributed by atoms with Crippen LogP contribution in [0.25, 0.3) is 0 Å². The van der Waals surface area contributed by atoms with E-state index in [1.54, 1.807) is 31.2 Å². The van der Waals surface area contributed by atoms with E-state index in [9.17, 15) is 9.18 Å². The summed E-state index contributed by atoms with van der Waals surface area (Å²) in [5.41, 5.74) is 0.609. The fourth-order valence-electron chi connectivity index (χ4n) is 2.24. The molecule has 1 heterocycles. The Morgan fingerprint density at radius 1 is 1.04 bits per heavy atom. The number of rotatable bonds is 4. The number of nitrogens with zero attached hydrogens (tertiary/aromatic N) is 2. The molecule has 132 valence electrons. The van der Waals surface area contributed by atoms with Crippen LogP contribution < -0.4 is 10.6 Å². The van der Waals surface area contributed by atoms with Crippen molar-refractivity contribution in [2.24, 2.45) is 0 Å². The molecule has 8 heteroatoms. The Labute approximate surface area is 159 Å². The third kappa shape index (κ3) is 4.09. The van der Waals surface area contributed by atoms with Crippen LogP contribution in [-0.2, 0) is 0 Å². The Kier molecular flexibility index (Phi) is 5.35. The molecule has 0 aliphatic heterocycles. The maximum Gasteiger partial charge on any atom is 0.274 e. The summed E-state index contributed by atoms with van der Waals surface area (Å²) < 4.78 is 13.7. The fourth-order valence-corrected chi connectivity index (χ4v) is 2.73. The summed E-state index contributed by atoms with van der Waals surface area (Å²) >= 11 is 12.3. The number of hydrogen-bond acceptors (Lipinski definition) is 4. The number of benzene rings is 2. The van der Waals surface area contributed by atoms with Gasteiger partial charge >= 0.3 is 0 Å². The predicted octanol–water partition coefficient (Wildman–Crippen LogP) is 5.23. The summed E-state index contributed by atoms with van der Waals surface area (Å²) in [5, 5.41) is 6.28. The number of anilines is 3. The quantitative estimate of drug-likeness (QED) is 0.640. The first kappa shape index (κ1) is 18.1. The van der Waals surface area contributed by atoms with E-state index in [1.807, 2.05) is 0 Å². The second-order valence-electron chi connectivity index (χ2n) is 5.34. The number of halogens is 3. The zero-order valence-electron chi connectivity index (χ0n) is 13.6. The van der Waals surface area contributed by atoms with Crippen molar-refractivity contribution in [2.45, 2.75) is 6.92 Å². The number of aryl methyl sites for hydroxylation is 1. The van der Waals surface area contributed by atoms with E-state index in [2.05, 4.69) is 20.6 Å². The van der Waals surface area contributed by atoms with Crippen molar-refractivity contribution < 1.29 is 9.18 Å². The van der Waals surface area contributed by atoms with Gasteiger partial charge < -0.3 is 10.6 Å². The zero-order chi connectivity index (χ0) is 18.7. The lowest BCUT2D eigenvalue weighted by atomic mass is 10.2. The van der Waals surface area contributed by atoms with Crippen LogP contribution in [0.3, 0.4) is 0 Å². The summed E-state index contributed by atoms with van der Waals surface area (Å²) in [6.07, 6.45) is 0. The molecule has 0 radical (unpaired) electrons. The molecule has 0 unspecified atom stereocenters. The number of aromatic nitrogens is 2. The number of nitrogens with one attached hydrogen (secondary N) is 2. The number of hydrogen-bond donors (Lipinski definition) is 2. The van der Waals surface area contributed by atoms with Gasteiger partial charge in [-0.25, -0.2) is 14.4 Å². The molecule has 0 spiro atoms. The second-order valence-corrected chi connectivity index (χ2v) is 6.16. The molecule has 0 atom stereocenters. The zero-order valence-corrected chi connectivity index (χ0v) is 15.1. The van der Waals surface area contributed by atoms with Gasteiger partial charge in [0.25, 0.3) is 5.91 Å². The molecule has 2 N–H and O–H groups in total. The highest BCUT2D eigenvalue weighted by atomic mass is 35.5. The van der Waals surface area contributed by atoms with E-state index < -0.39 is 11.7 Å². The summed E-state index contributed by atoms with van der Waals surface area (Å²) in [7, 11) is 0. The van der Waals surface area contributed by atoms with Crippen molar-refractivity contribution in [3.8, 4) is 0 Å². The normalized spacial score (nSPS) is 10.5. The van der Waals surface area contributed by atoms with Crippen LogP contribution in [0.5, 0.6) is 0 Å². The molecule has 5 nitrogen and oxygen atoms in total. The smallest absolute Gasteiger partial charge is 0.274 e. The van der Waals surface area contributed by atoms with Crippen LogP contribution >= 0.6 is 23.2 Å². The number of carbonyl (C=O) groups is 1. The van der Waals surface area contributed by atoms with Crippen molar-refractivity contribution >= 4 is 46.3 Å². The SMILES string of the molecule is Cc1nc(Nc2c(Cl)cccc2Cl)cc(C(=O)Nc2ccccc2F)n1. The second kappa shape index (κ2) is 7.68. The van der Waals surface area contributed by atoms with E-state index in [0.717, 1.165) is 0 Å². The van der Waals surface area contributed by atoms with Crippen molar-refractivity contribution in [1.82, 2.24) is 9.97 Å². The van der Waals surface area contributed by atoms with Crippen LogP contribution in [0, 0.1) is 12.7 Å². The molecule has 26 heavy (non-hydrogen) atoms. The summed E-state index contributed by atoms with van der Waals surface area (Å²) in [4.78, 5) is 20.7. The van der Waals surface area contributed by atoms with Gasteiger partial charge in [-0.2, -0.15) is 0 Å². The molecule has 0 fully saturated rings. The molecule has 0 aliphatic rings. The minimum atomic E-state index is -0.561. The largest absolute Gasteiger partial charge is 0.338 e. The van der Waals surface area contributed by atoms with Crippen LogP contribution in [0.1, 0.15) is 16.3 Å². The number of para-hydroxylation sites is 2. The Morgan fingerprint density at radius 3 is 2.42 bits per heavy atom. The van der Waals surface area contributed by atoms with E-state index in [-0.39, 0.29) is 11.4 Å².